The van der Waals surface area contributed by atoms with Crippen LogP contribution in [0.5, 0.6) is 0 Å². The van der Waals surface area contributed by atoms with Gasteiger partial charge in [0, 0.05) is 0 Å². The van der Waals surface area contributed by atoms with Crippen LogP contribution in [0.2, 0.25) is 0 Å². The van der Waals surface area contributed by atoms with Gasteiger partial charge in [0.15, 0.2) is 0 Å². The highest BCUT2D eigenvalue weighted by Crippen LogP contribution is 2.30. The Morgan fingerprint density at radius 1 is 1.10 bits per heavy atom. The Morgan fingerprint density at radius 3 is 2.33 bits per heavy atom. The van der Waals surface area contributed by atoms with E-state index in [-0.39, 0.29) is 0 Å². The van der Waals surface area contributed by atoms with Gasteiger partial charge in [-0.15, -0.1) is 0 Å². The minimum Gasteiger partial charge on any atom is -0.205 e. The molecule has 1 aliphatic rings. The molecule has 21 heavy (non-hydrogen) atoms. The quantitative estimate of drug-likeness (QED) is 0.654. The molecule has 0 spiro atoms. The number of allylic oxidation sites excluding steroid dienone is 4. The summed E-state index contributed by atoms with van der Waals surface area (Å²) in [7, 11) is 0. The number of unbranched alkanes of at least 4 members (excludes halogenated alkanes) is 2. The first-order valence-electron chi connectivity index (χ1n) is 7.43. The Hall–Kier alpha value is -1.95. The molecular formula is C18H19F2N. The van der Waals surface area contributed by atoms with Crippen molar-refractivity contribution in [3.8, 4) is 6.07 Å². The fourth-order valence-electron chi connectivity index (χ4n) is 2.60. The van der Waals surface area contributed by atoms with E-state index in [1.807, 2.05) is 6.08 Å². The summed E-state index contributed by atoms with van der Waals surface area (Å²) in [6.07, 6.45) is 10.5. The predicted molar refractivity (Wildman–Crippen MR) is 80.5 cm³/mol. The zero-order valence-corrected chi connectivity index (χ0v) is 12.3. The van der Waals surface area contributed by atoms with Crippen molar-refractivity contribution in [2.45, 2.75) is 45.4 Å². The second kappa shape index (κ2) is 7.17. The fourth-order valence-corrected chi connectivity index (χ4v) is 2.60. The largest absolute Gasteiger partial charge is 0.205 e. The molecule has 2 rings (SSSR count). The third kappa shape index (κ3) is 3.78. The Bertz CT molecular complexity index is 598. The number of hydrogen-bond donors (Lipinski definition) is 0. The zero-order chi connectivity index (χ0) is 15.2. The van der Waals surface area contributed by atoms with E-state index in [0.29, 0.717) is 5.56 Å². The maximum absolute atomic E-state index is 13.6. The van der Waals surface area contributed by atoms with Crippen molar-refractivity contribution in [3.63, 3.8) is 0 Å². The van der Waals surface area contributed by atoms with Crippen molar-refractivity contribution in [2.75, 3.05) is 0 Å². The molecule has 0 saturated carbocycles. The Morgan fingerprint density at radius 2 is 1.81 bits per heavy atom. The van der Waals surface area contributed by atoms with E-state index in [1.165, 1.54) is 37.0 Å². The maximum Gasteiger partial charge on any atom is 0.144 e. The third-order valence-corrected chi connectivity index (χ3v) is 3.86. The van der Waals surface area contributed by atoms with Crippen molar-refractivity contribution >= 4 is 5.57 Å². The average Bonchev–Trinajstić information content (AvgIpc) is 2.48. The van der Waals surface area contributed by atoms with Crippen LogP contribution < -0.4 is 0 Å². The van der Waals surface area contributed by atoms with Gasteiger partial charge in [-0.3, -0.25) is 0 Å². The molecule has 0 fully saturated rings. The summed E-state index contributed by atoms with van der Waals surface area (Å²) < 4.78 is 27.3. The number of hydrogen-bond acceptors (Lipinski definition) is 1. The summed E-state index contributed by atoms with van der Waals surface area (Å²) in [5.41, 5.74) is 2.36. The molecule has 1 nitrogen and oxygen atoms in total. The van der Waals surface area contributed by atoms with Crippen molar-refractivity contribution < 1.29 is 8.78 Å². The SMILES string of the molecule is CCCCCC1=CC=C(c2cc(F)c(C#N)c(F)c2)CC1. The second-order valence-electron chi connectivity index (χ2n) is 5.40. The highest BCUT2D eigenvalue weighted by molar-refractivity contribution is 5.69. The van der Waals surface area contributed by atoms with Crippen LogP contribution in [0.15, 0.2) is 29.9 Å². The van der Waals surface area contributed by atoms with Crippen molar-refractivity contribution in [2.24, 2.45) is 0 Å². The van der Waals surface area contributed by atoms with E-state index >= 15 is 0 Å². The smallest absolute Gasteiger partial charge is 0.144 e. The highest BCUT2D eigenvalue weighted by atomic mass is 19.1. The van der Waals surface area contributed by atoms with Crippen LogP contribution >= 0.6 is 0 Å². The first-order valence-corrected chi connectivity index (χ1v) is 7.43. The molecule has 1 aliphatic carbocycles. The summed E-state index contributed by atoms with van der Waals surface area (Å²) in [4.78, 5) is 0. The molecule has 0 unspecified atom stereocenters. The summed E-state index contributed by atoms with van der Waals surface area (Å²) >= 11 is 0. The van der Waals surface area contributed by atoms with Gasteiger partial charge >= 0.3 is 0 Å². The first kappa shape index (κ1) is 15.4. The molecule has 0 bridgehead atoms. The molecule has 0 N–H and O–H groups in total. The van der Waals surface area contributed by atoms with Gasteiger partial charge in [-0.05, 0) is 49.0 Å². The lowest BCUT2D eigenvalue weighted by molar-refractivity contribution is 0.576. The number of rotatable bonds is 5. The minimum atomic E-state index is -0.786. The highest BCUT2D eigenvalue weighted by Gasteiger charge is 2.14. The molecule has 0 atom stereocenters. The van der Waals surface area contributed by atoms with Gasteiger partial charge in [-0.2, -0.15) is 5.26 Å². The van der Waals surface area contributed by atoms with Crippen LogP contribution in [0.25, 0.3) is 5.57 Å². The Balaban J connectivity index is 2.15. The lowest BCUT2D eigenvalue weighted by Crippen LogP contribution is -1.98. The first-order chi connectivity index (χ1) is 10.2. The second-order valence-corrected chi connectivity index (χ2v) is 5.40. The lowest BCUT2D eigenvalue weighted by atomic mass is 9.90. The van der Waals surface area contributed by atoms with Gasteiger partial charge in [-0.1, -0.05) is 37.5 Å². The van der Waals surface area contributed by atoms with Crippen LogP contribution in [-0.2, 0) is 0 Å². The molecule has 0 aliphatic heterocycles. The van der Waals surface area contributed by atoms with E-state index < -0.39 is 17.2 Å². The molecule has 0 saturated heterocycles. The molecule has 0 radical (unpaired) electrons. The Labute approximate surface area is 124 Å². The number of benzene rings is 1. The van der Waals surface area contributed by atoms with E-state index in [0.717, 1.165) is 24.8 Å². The molecule has 1 aromatic carbocycles. The predicted octanol–water partition coefficient (Wildman–Crippen LogP) is 5.52. The maximum atomic E-state index is 13.6. The van der Waals surface area contributed by atoms with Gasteiger partial charge in [0.1, 0.15) is 23.3 Å². The van der Waals surface area contributed by atoms with Crippen molar-refractivity contribution in [3.05, 3.63) is 52.6 Å². The fraction of sp³-hybridized carbons (Fsp3) is 0.389. The zero-order valence-electron chi connectivity index (χ0n) is 12.3. The number of nitriles is 1. The molecule has 0 amide bonds. The van der Waals surface area contributed by atoms with Crippen molar-refractivity contribution in [1.29, 1.82) is 5.26 Å². The van der Waals surface area contributed by atoms with Crippen LogP contribution in [0.4, 0.5) is 8.78 Å². The summed E-state index contributed by atoms with van der Waals surface area (Å²) in [5, 5.41) is 8.68. The number of halogens is 2. The van der Waals surface area contributed by atoms with E-state index in [9.17, 15) is 8.78 Å². The van der Waals surface area contributed by atoms with Crippen LogP contribution in [-0.4, -0.2) is 0 Å². The molecule has 0 aromatic heterocycles. The van der Waals surface area contributed by atoms with Crippen molar-refractivity contribution in [1.82, 2.24) is 0 Å². The van der Waals surface area contributed by atoms with Crippen LogP contribution in [0.1, 0.15) is 56.6 Å². The van der Waals surface area contributed by atoms with E-state index in [2.05, 4.69) is 13.0 Å². The molecule has 110 valence electrons. The molecule has 1 aromatic rings. The summed E-state index contributed by atoms with van der Waals surface area (Å²) in [6, 6.07) is 4.05. The third-order valence-electron chi connectivity index (χ3n) is 3.86. The molecule has 3 heteroatoms. The summed E-state index contributed by atoms with van der Waals surface area (Å²) in [6.45, 7) is 2.18. The minimum absolute atomic E-state index is 0.508. The van der Waals surface area contributed by atoms with Gasteiger partial charge < -0.3 is 0 Å². The van der Waals surface area contributed by atoms with Crippen LogP contribution in [0, 0.1) is 23.0 Å². The monoisotopic (exact) mass is 287 g/mol. The van der Waals surface area contributed by atoms with Crippen LogP contribution in [0.3, 0.4) is 0 Å². The Kier molecular flexibility index (Phi) is 5.27. The van der Waals surface area contributed by atoms with E-state index in [4.69, 9.17) is 5.26 Å². The number of nitrogens with zero attached hydrogens (tertiary/aromatic N) is 1. The van der Waals surface area contributed by atoms with Gasteiger partial charge in [0.2, 0.25) is 0 Å². The van der Waals surface area contributed by atoms with E-state index in [1.54, 1.807) is 6.07 Å². The lowest BCUT2D eigenvalue weighted by Gasteiger charge is -2.15. The topological polar surface area (TPSA) is 23.8 Å². The van der Waals surface area contributed by atoms with Gasteiger partial charge in [0.05, 0.1) is 0 Å². The standard InChI is InChI=1S/C18H19F2N/c1-2-3-4-5-13-6-8-14(9-7-13)15-10-17(19)16(12-21)18(20)11-15/h6,8,10-11H,2-5,7,9H2,1H3. The normalized spacial score (nSPS) is 14.4. The molecule has 0 heterocycles. The molecular weight excluding hydrogens is 268 g/mol. The van der Waals surface area contributed by atoms with Gasteiger partial charge in [-0.25, -0.2) is 8.78 Å². The van der Waals surface area contributed by atoms with Gasteiger partial charge in [0.25, 0.3) is 0 Å². The average molecular weight is 287 g/mol. The summed E-state index contributed by atoms with van der Waals surface area (Å²) in [5.74, 6) is -1.57.